The fourth-order valence-corrected chi connectivity index (χ4v) is 1.75. The molecule has 0 atom stereocenters. The van der Waals surface area contributed by atoms with Gasteiger partial charge in [-0.25, -0.2) is 9.13 Å². The highest BCUT2D eigenvalue weighted by Crippen LogP contribution is 1.92. The van der Waals surface area contributed by atoms with Crippen LogP contribution in [0.15, 0.2) is 12.3 Å². The van der Waals surface area contributed by atoms with Crippen LogP contribution in [0.4, 0.5) is 0 Å². The lowest BCUT2D eigenvalue weighted by Crippen LogP contribution is -3.00. The van der Waals surface area contributed by atoms with Crippen LogP contribution in [0.2, 0.25) is 0 Å². The number of aryl methyl sites for hydroxylation is 2. The molecule has 1 aromatic heterocycles. The summed E-state index contributed by atoms with van der Waals surface area (Å²) in [5, 5.41) is 0. The van der Waals surface area contributed by atoms with E-state index in [1.54, 1.807) is 0 Å². The van der Waals surface area contributed by atoms with Crippen LogP contribution in [0.3, 0.4) is 0 Å². The van der Waals surface area contributed by atoms with E-state index in [0.717, 1.165) is 17.9 Å². The van der Waals surface area contributed by atoms with E-state index in [1.165, 1.54) is 5.69 Å². The number of rotatable bonds is 2. The average Bonchev–Trinajstić information content (AvgIpc) is 2.06. The molecule has 1 rings (SSSR count). The molecule has 1 heterocycles. The maximum Gasteiger partial charge on any atom is 0.350 e. The van der Waals surface area contributed by atoms with Gasteiger partial charge < -0.3 is 12.4 Å². The molecule has 1 aromatic rings. The summed E-state index contributed by atoms with van der Waals surface area (Å²) < 4.78 is 5.13. The summed E-state index contributed by atoms with van der Waals surface area (Å²) in [5.41, 5.74) is 1.23. The summed E-state index contributed by atoms with van der Waals surface area (Å²) in [6.07, 6.45) is 2.05. The van der Waals surface area contributed by atoms with E-state index < -0.39 is 0 Å². The monoisotopic (exact) mass is 218 g/mol. The Bertz CT molecular complexity index is 333. The Morgan fingerprint density at radius 3 is 2.54 bits per heavy atom. The first-order valence-corrected chi connectivity index (χ1v) is 4.71. The average molecular weight is 219 g/mol. The Labute approximate surface area is 90.6 Å². The zero-order valence-electron chi connectivity index (χ0n) is 8.25. The molecule has 0 fully saturated rings. The molecule has 0 aliphatic carbocycles. The van der Waals surface area contributed by atoms with Gasteiger partial charge >= 0.3 is 4.77 Å². The standard InChI is InChI=1S/C9H15N2S.ClH/c1-4-10-7-6-8(3)11(5-2)9(10)12;/h6-7H,4-5H2,1-3H3;1H/q+1;/p-1. The smallest absolute Gasteiger partial charge is 0.350 e. The third-order valence-electron chi connectivity index (χ3n) is 2.05. The van der Waals surface area contributed by atoms with Crippen molar-refractivity contribution < 1.29 is 17.0 Å². The van der Waals surface area contributed by atoms with Crippen molar-refractivity contribution in [3.63, 3.8) is 0 Å². The minimum atomic E-state index is 0. The molecule has 0 aliphatic rings. The van der Waals surface area contributed by atoms with Crippen molar-refractivity contribution >= 4 is 12.2 Å². The molecule has 0 aromatic carbocycles. The van der Waals surface area contributed by atoms with Crippen LogP contribution in [0.25, 0.3) is 0 Å². The second kappa shape index (κ2) is 5.35. The van der Waals surface area contributed by atoms with Crippen molar-refractivity contribution in [2.45, 2.75) is 33.9 Å². The van der Waals surface area contributed by atoms with E-state index in [2.05, 4.69) is 36.0 Å². The highest BCUT2D eigenvalue weighted by Gasteiger charge is 2.05. The van der Waals surface area contributed by atoms with Crippen LogP contribution in [-0.4, -0.2) is 4.57 Å². The van der Waals surface area contributed by atoms with E-state index in [0.29, 0.717) is 0 Å². The quantitative estimate of drug-likeness (QED) is 0.450. The van der Waals surface area contributed by atoms with E-state index in [9.17, 15) is 0 Å². The number of nitrogens with zero attached hydrogens (tertiary/aromatic N) is 2. The molecular weight excluding hydrogens is 204 g/mol. The van der Waals surface area contributed by atoms with Gasteiger partial charge in [0.1, 0.15) is 5.69 Å². The molecule has 0 amide bonds. The van der Waals surface area contributed by atoms with Gasteiger partial charge in [-0.05, 0) is 20.8 Å². The van der Waals surface area contributed by atoms with Crippen LogP contribution >= 0.6 is 12.2 Å². The second-order valence-corrected chi connectivity index (χ2v) is 3.14. The molecular formula is C9H15ClN2S. The summed E-state index contributed by atoms with van der Waals surface area (Å²) in [5.74, 6) is 0. The molecule has 74 valence electrons. The van der Waals surface area contributed by atoms with Gasteiger partial charge in [0, 0.05) is 18.3 Å². The number of aromatic nitrogens is 2. The summed E-state index contributed by atoms with van der Waals surface area (Å²) in [4.78, 5) is 0. The third-order valence-corrected chi connectivity index (χ3v) is 2.51. The molecule has 0 bridgehead atoms. The highest BCUT2D eigenvalue weighted by molar-refractivity contribution is 7.71. The van der Waals surface area contributed by atoms with Crippen molar-refractivity contribution in [1.29, 1.82) is 0 Å². The van der Waals surface area contributed by atoms with Gasteiger partial charge in [0.05, 0.1) is 19.3 Å². The predicted octanol–water partition coefficient (Wildman–Crippen LogP) is -1.14. The third kappa shape index (κ3) is 2.51. The van der Waals surface area contributed by atoms with E-state index in [-0.39, 0.29) is 12.4 Å². The molecule has 4 heteroatoms. The van der Waals surface area contributed by atoms with E-state index in [4.69, 9.17) is 12.2 Å². The summed E-state index contributed by atoms with van der Waals surface area (Å²) in [6.45, 7) is 8.19. The summed E-state index contributed by atoms with van der Waals surface area (Å²) in [6, 6.07) is 2.10. The van der Waals surface area contributed by atoms with Crippen LogP contribution in [0.5, 0.6) is 0 Å². The fourth-order valence-electron chi connectivity index (χ4n) is 1.28. The molecule has 0 N–H and O–H groups in total. The molecule has 0 saturated heterocycles. The van der Waals surface area contributed by atoms with Gasteiger partial charge in [-0.15, -0.1) is 0 Å². The molecule has 0 unspecified atom stereocenters. The Balaban J connectivity index is 0.00000144. The topological polar surface area (TPSA) is 8.81 Å². The Hall–Kier alpha value is -0.410. The van der Waals surface area contributed by atoms with Gasteiger partial charge in [0.15, 0.2) is 0 Å². The van der Waals surface area contributed by atoms with Crippen LogP contribution < -0.4 is 17.0 Å². The number of halogens is 1. The SMILES string of the molecule is CCn1ccc(C)[n+](CC)c1=S.[Cl-]. The highest BCUT2D eigenvalue weighted by atomic mass is 35.5. The molecule has 0 spiro atoms. The van der Waals surface area contributed by atoms with Crippen molar-refractivity contribution in [2.75, 3.05) is 0 Å². The number of hydrogen-bond acceptors (Lipinski definition) is 1. The minimum Gasteiger partial charge on any atom is -1.00 e. The van der Waals surface area contributed by atoms with Gasteiger partial charge in [-0.2, -0.15) is 0 Å². The minimum absolute atomic E-state index is 0. The van der Waals surface area contributed by atoms with Crippen LogP contribution in [0.1, 0.15) is 19.5 Å². The molecule has 0 saturated carbocycles. The van der Waals surface area contributed by atoms with Crippen LogP contribution in [-0.2, 0) is 13.1 Å². The van der Waals surface area contributed by atoms with E-state index in [1.807, 2.05) is 6.20 Å². The normalized spacial score (nSPS) is 9.46. The van der Waals surface area contributed by atoms with E-state index >= 15 is 0 Å². The Morgan fingerprint density at radius 1 is 1.46 bits per heavy atom. The first-order chi connectivity index (χ1) is 5.70. The molecule has 0 radical (unpaired) electrons. The maximum absolute atomic E-state index is 5.30. The van der Waals surface area contributed by atoms with Gasteiger partial charge in [0.2, 0.25) is 0 Å². The molecule has 2 nitrogen and oxygen atoms in total. The molecule has 0 aliphatic heterocycles. The van der Waals surface area contributed by atoms with Crippen molar-refractivity contribution in [1.82, 2.24) is 4.57 Å². The number of hydrogen-bond donors (Lipinski definition) is 0. The van der Waals surface area contributed by atoms with Crippen molar-refractivity contribution in [2.24, 2.45) is 0 Å². The van der Waals surface area contributed by atoms with Gasteiger partial charge in [0.25, 0.3) is 0 Å². The lowest BCUT2D eigenvalue weighted by atomic mass is 10.4. The first kappa shape index (κ1) is 12.6. The summed E-state index contributed by atoms with van der Waals surface area (Å²) >= 11 is 5.30. The van der Waals surface area contributed by atoms with Crippen molar-refractivity contribution in [3.8, 4) is 0 Å². The summed E-state index contributed by atoms with van der Waals surface area (Å²) in [7, 11) is 0. The first-order valence-electron chi connectivity index (χ1n) is 4.30. The zero-order chi connectivity index (χ0) is 9.14. The zero-order valence-corrected chi connectivity index (χ0v) is 9.82. The fraction of sp³-hybridized carbons (Fsp3) is 0.556. The second-order valence-electron chi connectivity index (χ2n) is 2.77. The largest absolute Gasteiger partial charge is 1.00 e. The lowest BCUT2D eigenvalue weighted by Gasteiger charge is -2.03. The van der Waals surface area contributed by atoms with Gasteiger partial charge in [-0.1, -0.05) is 0 Å². The Kier molecular flexibility index (Phi) is 5.18. The van der Waals surface area contributed by atoms with Gasteiger partial charge in [-0.3, -0.25) is 0 Å². The predicted molar refractivity (Wildman–Crippen MR) is 51.5 cm³/mol. The molecule has 13 heavy (non-hydrogen) atoms. The van der Waals surface area contributed by atoms with Crippen molar-refractivity contribution in [3.05, 3.63) is 22.7 Å². The lowest BCUT2D eigenvalue weighted by molar-refractivity contribution is -0.710. The maximum atomic E-state index is 5.30. The Morgan fingerprint density at radius 2 is 2.08 bits per heavy atom. The van der Waals surface area contributed by atoms with Crippen LogP contribution in [0, 0.1) is 11.7 Å².